The Balaban J connectivity index is 1.62. The van der Waals surface area contributed by atoms with E-state index in [1.54, 1.807) is 0 Å². The fraction of sp³-hybridized carbons (Fsp3) is 0.250. The fourth-order valence-corrected chi connectivity index (χ4v) is 5.10. The summed E-state index contributed by atoms with van der Waals surface area (Å²) in [6.45, 7) is 0.506. The lowest BCUT2D eigenvalue weighted by Crippen LogP contribution is -1.96. The zero-order valence-electron chi connectivity index (χ0n) is 10.9. The van der Waals surface area contributed by atoms with Crippen molar-refractivity contribution in [3.05, 3.63) is 64.7 Å². The van der Waals surface area contributed by atoms with E-state index in [0.29, 0.717) is 11.2 Å². The Kier molecular flexibility index (Phi) is 4.81. The fourth-order valence-electron chi connectivity index (χ4n) is 2.05. The summed E-state index contributed by atoms with van der Waals surface area (Å²) in [5.41, 5.74) is 2.39. The molecule has 0 radical (unpaired) electrons. The molecule has 0 N–H and O–H groups in total. The molecule has 0 atom stereocenters. The lowest BCUT2D eigenvalue weighted by Gasteiger charge is -2.11. The topological polar surface area (TPSA) is 9.23 Å². The zero-order chi connectivity index (χ0) is 13.8. The maximum atomic E-state index is 6.12. The molecule has 1 nitrogen and oxygen atoms in total. The number of benzene rings is 2. The SMILES string of the molecule is Clc1ccccc1COc1ccc(C2SCCS2)cc1. The van der Waals surface area contributed by atoms with Gasteiger partial charge in [0.15, 0.2) is 0 Å². The quantitative estimate of drug-likeness (QED) is 0.746. The molecule has 1 aliphatic rings. The van der Waals surface area contributed by atoms with Crippen molar-refractivity contribution in [2.24, 2.45) is 0 Å². The second kappa shape index (κ2) is 6.79. The van der Waals surface area contributed by atoms with Gasteiger partial charge in [0.2, 0.25) is 0 Å². The van der Waals surface area contributed by atoms with Crippen LogP contribution < -0.4 is 4.74 Å². The molecule has 1 saturated heterocycles. The molecule has 2 aromatic rings. The van der Waals surface area contributed by atoms with Gasteiger partial charge in [0.1, 0.15) is 12.4 Å². The van der Waals surface area contributed by atoms with Gasteiger partial charge in [0, 0.05) is 22.1 Å². The van der Waals surface area contributed by atoms with E-state index in [1.165, 1.54) is 17.1 Å². The summed E-state index contributed by atoms with van der Waals surface area (Å²) in [5.74, 6) is 3.39. The maximum Gasteiger partial charge on any atom is 0.119 e. The van der Waals surface area contributed by atoms with E-state index in [0.717, 1.165) is 16.3 Å². The number of ether oxygens (including phenoxy) is 1. The summed E-state index contributed by atoms with van der Waals surface area (Å²) in [4.78, 5) is 0. The second-order valence-electron chi connectivity index (χ2n) is 4.52. The number of hydrogen-bond acceptors (Lipinski definition) is 3. The first-order valence-corrected chi connectivity index (χ1v) is 9.00. The summed E-state index contributed by atoms with van der Waals surface area (Å²) in [7, 11) is 0. The van der Waals surface area contributed by atoms with E-state index in [2.05, 4.69) is 12.1 Å². The van der Waals surface area contributed by atoms with Crippen LogP contribution in [0.2, 0.25) is 5.02 Å². The Morgan fingerprint density at radius 3 is 2.40 bits per heavy atom. The van der Waals surface area contributed by atoms with Crippen molar-refractivity contribution in [1.29, 1.82) is 0 Å². The lowest BCUT2D eigenvalue weighted by atomic mass is 10.2. The van der Waals surface area contributed by atoms with Gasteiger partial charge in [-0.1, -0.05) is 41.9 Å². The molecule has 20 heavy (non-hydrogen) atoms. The number of hydrogen-bond donors (Lipinski definition) is 0. The molecule has 0 unspecified atom stereocenters. The first-order chi connectivity index (χ1) is 9.83. The van der Waals surface area contributed by atoms with E-state index >= 15 is 0 Å². The molecule has 1 fully saturated rings. The molecule has 0 bridgehead atoms. The highest BCUT2D eigenvalue weighted by molar-refractivity contribution is 8.19. The van der Waals surface area contributed by atoms with E-state index in [1.807, 2.05) is 59.9 Å². The van der Waals surface area contributed by atoms with Gasteiger partial charge >= 0.3 is 0 Å². The number of halogens is 1. The van der Waals surface area contributed by atoms with Crippen LogP contribution in [0.15, 0.2) is 48.5 Å². The van der Waals surface area contributed by atoms with Crippen molar-refractivity contribution < 1.29 is 4.74 Å². The van der Waals surface area contributed by atoms with Gasteiger partial charge in [-0.3, -0.25) is 0 Å². The van der Waals surface area contributed by atoms with Gasteiger partial charge in [-0.05, 0) is 23.8 Å². The van der Waals surface area contributed by atoms with Crippen LogP contribution in [0.3, 0.4) is 0 Å². The predicted molar refractivity (Wildman–Crippen MR) is 89.9 cm³/mol. The molecule has 1 heterocycles. The Labute approximate surface area is 133 Å². The van der Waals surface area contributed by atoms with Crippen molar-refractivity contribution in [2.45, 2.75) is 11.2 Å². The Morgan fingerprint density at radius 2 is 1.70 bits per heavy atom. The molecule has 4 heteroatoms. The first kappa shape index (κ1) is 14.2. The molecule has 0 spiro atoms. The third-order valence-corrected chi connectivity index (χ3v) is 6.60. The largest absolute Gasteiger partial charge is 0.489 e. The highest BCUT2D eigenvalue weighted by Gasteiger charge is 2.17. The molecule has 3 rings (SSSR count). The average molecular weight is 323 g/mol. The zero-order valence-corrected chi connectivity index (χ0v) is 13.3. The Bertz CT molecular complexity index is 565. The molecule has 104 valence electrons. The Hall–Kier alpha value is -0.770. The van der Waals surface area contributed by atoms with Crippen molar-refractivity contribution in [2.75, 3.05) is 11.5 Å². The van der Waals surface area contributed by atoms with Crippen LogP contribution in [-0.2, 0) is 6.61 Å². The van der Waals surface area contributed by atoms with Crippen LogP contribution in [-0.4, -0.2) is 11.5 Å². The van der Waals surface area contributed by atoms with Gasteiger partial charge in [0.25, 0.3) is 0 Å². The minimum Gasteiger partial charge on any atom is -0.489 e. The van der Waals surface area contributed by atoms with Crippen LogP contribution in [0.1, 0.15) is 15.7 Å². The van der Waals surface area contributed by atoms with Crippen LogP contribution in [0.4, 0.5) is 0 Å². The van der Waals surface area contributed by atoms with Crippen molar-refractivity contribution in [1.82, 2.24) is 0 Å². The standard InChI is InChI=1S/C16H15ClOS2/c17-15-4-2-1-3-13(15)11-18-14-7-5-12(6-8-14)16-19-9-10-20-16/h1-8,16H,9-11H2. The van der Waals surface area contributed by atoms with E-state index in [9.17, 15) is 0 Å². The average Bonchev–Trinajstić information content (AvgIpc) is 3.01. The molecule has 1 aliphatic heterocycles. The summed E-state index contributed by atoms with van der Waals surface area (Å²) >= 11 is 10.2. The highest BCUT2D eigenvalue weighted by Crippen LogP contribution is 2.45. The minimum atomic E-state index is 0.506. The normalized spacial score (nSPS) is 15.4. The van der Waals surface area contributed by atoms with E-state index in [-0.39, 0.29) is 0 Å². The summed E-state index contributed by atoms with van der Waals surface area (Å²) in [6, 6.07) is 16.2. The van der Waals surface area contributed by atoms with Crippen molar-refractivity contribution in [3.63, 3.8) is 0 Å². The molecule has 0 amide bonds. The molecular formula is C16H15ClOS2. The molecule has 0 aromatic heterocycles. The predicted octanol–water partition coefficient (Wildman–Crippen LogP) is 5.40. The van der Waals surface area contributed by atoms with Crippen LogP contribution in [0.25, 0.3) is 0 Å². The number of rotatable bonds is 4. The van der Waals surface area contributed by atoms with Gasteiger partial charge in [-0.2, -0.15) is 0 Å². The molecule has 0 saturated carbocycles. The van der Waals surface area contributed by atoms with Gasteiger partial charge in [-0.15, -0.1) is 23.5 Å². The highest BCUT2D eigenvalue weighted by atomic mass is 35.5. The van der Waals surface area contributed by atoms with Gasteiger partial charge < -0.3 is 4.74 Å². The summed E-state index contributed by atoms with van der Waals surface area (Å²) in [5, 5.41) is 0.753. The van der Waals surface area contributed by atoms with Crippen LogP contribution in [0, 0.1) is 0 Å². The third kappa shape index (κ3) is 3.46. The lowest BCUT2D eigenvalue weighted by molar-refractivity contribution is 0.306. The van der Waals surface area contributed by atoms with Gasteiger partial charge in [-0.25, -0.2) is 0 Å². The van der Waals surface area contributed by atoms with E-state index in [4.69, 9.17) is 16.3 Å². The van der Waals surface area contributed by atoms with E-state index < -0.39 is 0 Å². The van der Waals surface area contributed by atoms with Crippen molar-refractivity contribution in [3.8, 4) is 5.75 Å². The molecule has 0 aliphatic carbocycles. The van der Waals surface area contributed by atoms with Crippen molar-refractivity contribution >= 4 is 35.1 Å². The summed E-state index contributed by atoms with van der Waals surface area (Å²) in [6.07, 6.45) is 0. The first-order valence-electron chi connectivity index (χ1n) is 6.52. The maximum absolute atomic E-state index is 6.12. The minimum absolute atomic E-state index is 0.506. The molecule has 2 aromatic carbocycles. The summed E-state index contributed by atoms with van der Waals surface area (Å²) < 4.78 is 6.38. The van der Waals surface area contributed by atoms with Crippen LogP contribution in [0.5, 0.6) is 5.75 Å². The third-order valence-electron chi connectivity index (χ3n) is 3.13. The number of thioether (sulfide) groups is 2. The monoisotopic (exact) mass is 322 g/mol. The van der Waals surface area contributed by atoms with Gasteiger partial charge in [0.05, 0.1) is 4.58 Å². The second-order valence-corrected chi connectivity index (χ2v) is 7.65. The molecular weight excluding hydrogens is 308 g/mol. The van der Waals surface area contributed by atoms with Crippen LogP contribution >= 0.6 is 35.1 Å². The smallest absolute Gasteiger partial charge is 0.119 e. The Morgan fingerprint density at radius 1 is 1.00 bits per heavy atom.